The molecule has 11 heavy (non-hydrogen) atoms. The summed E-state index contributed by atoms with van der Waals surface area (Å²) in [5.41, 5.74) is 0.281. The van der Waals surface area contributed by atoms with Gasteiger partial charge >= 0.3 is 0 Å². The summed E-state index contributed by atoms with van der Waals surface area (Å²) in [6.45, 7) is 0. The maximum Gasteiger partial charge on any atom is 0.142 e. The largest absolute Gasteiger partial charge is 0.299 e. The first-order valence-corrected chi connectivity index (χ1v) is 4.37. The van der Waals surface area contributed by atoms with Crippen molar-refractivity contribution in [1.29, 1.82) is 0 Å². The van der Waals surface area contributed by atoms with Crippen molar-refractivity contribution < 1.29 is 24.3 Å². The number of rotatable bonds is 0. The maximum absolute atomic E-state index is 11.6. The second-order valence-corrected chi connectivity index (χ2v) is 4.23. The molecule has 0 amide bonds. The molecule has 0 heterocycles. The molecular weight excluding hydrogens is 189 g/mol. The molecule has 0 aromatic carbocycles. The van der Waals surface area contributed by atoms with Crippen LogP contribution in [0, 0.1) is 17.3 Å². The third-order valence-electron chi connectivity index (χ3n) is 3.86. The SMILES string of the molecule is O=C1C2CCC(C2)C12CC2.[Zn]. The summed E-state index contributed by atoms with van der Waals surface area (Å²) < 4.78 is 0. The number of ketones is 1. The number of hydrogen-bond acceptors (Lipinski definition) is 1. The van der Waals surface area contributed by atoms with Gasteiger partial charge in [0, 0.05) is 30.8 Å². The van der Waals surface area contributed by atoms with Gasteiger partial charge in [-0.05, 0) is 38.0 Å². The van der Waals surface area contributed by atoms with E-state index in [1.54, 1.807) is 0 Å². The van der Waals surface area contributed by atoms with Crippen LogP contribution in [0.15, 0.2) is 0 Å². The first-order chi connectivity index (χ1) is 4.83. The van der Waals surface area contributed by atoms with Crippen molar-refractivity contribution in [2.75, 3.05) is 0 Å². The average Bonchev–Trinajstić information content (AvgIpc) is 2.51. The minimum Gasteiger partial charge on any atom is -0.299 e. The summed E-state index contributed by atoms with van der Waals surface area (Å²) in [6, 6.07) is 0. The van der Waals surface area contributed by atoms with E-state index in [1.165, 1.54) is 32.1 Å². The molecule has 3 aliphatic carbocycles. The first-order valence-electron chi connectivity index (χ1n) is 4.37. The molecule has 0 saturated heterocycles. The van der Waals surface area contributed by atoms with E-state index in [2.05, 4.69) is 0 Å². The molecule has 3 saturated carbocycles. The van der Waals surface area contributed by atoms with Gasteiger partial charge in [-0.3, -0.25) is 4.79 Å². The molecule has 0 aromatic heterocycles. The van der Waals surface area contributed by atoms with Crippen LogP contribution in [-0.4, -0.2) is 5.78 Å². The van der Waals surface area contributed by atoms with Crippen LogP contribution < -0.4 is 0 Å². The van der Waals surface area contributed by atoms with Crippen molar-refractivity contribution in [2.45, 2.75) is 32.1 Å². The zero-order valence-corrected chi connectivity index (χ0v) is 9.77. The van der Waals surface area contributed by atoms with Gasteiger partial charge in [0.1, 0.15) is 5.78 Å². The molecule has 0 N–H and O–H groups in total. The van der Waals surface area contributed by atoms with Crippen LogP contribution in [0.5, 0.6) is 0 Å². The zero-order chi connectivity index (χ0) is 6.77. The third kappa shape index (κ3) is 0.771. The summed E-state index contributed by atoms with van der Waals surface area (Å²) in [4.78, 5) is 11.6. The van der Waals surface area contributed by atoms with Crippen LogP contribution >= 0.6 is 0 Å². The Hall–Kier alpha value is 0.293. The fourth-order valence-electron chi connectivity index (χ4n) is 3.12. The predicted octanol–water partition coefficient (Wildman–Crippen LogP) is 1.76. The Morgan fingerprint density at radius 1 is 1.27 bits per heavy atom. The van der Waals surface area contributed by atoms with Gasteiger partial charge in [0.2, 0.25) is 0 Å². The molecule has 56 valence electrons. The number of hydrogen-bond donors (Lipinski definition) is 0. The fourth-order valence-corrected chi connectivity index (χ4v) is 3.12. The molecule has 2 atom stereocenters. The standard InChI is InChI=1S/C9H12O.Zn/c10-8-6-1-2-7(5-6)9(8)3-4-9;/h6-7H,1-5H2;. The van der Waals surface area contributed by atoms with Crippen LogP contribution in [-0.2, 0) is 24.3 Å². The van der Waals surface area contributed by atoms with E-state index in [0.717, 1.165) is 5.92 Å². The first kappa shape index (κ1) is 7.92. The second kappa shape index (κ2) is 2.16. The van der Waals surface area contributed by atoms with Gasteiger partial charge in [0.25, 0.3) is 0 Å². The molecule has 3 fully saturated rings. The number of carbonyl (C=O) groups is 1. The van der Waals surface area contributed by atoms with Gasteiger partial charge in [0.05, 0.1) is 0 Å². The average molecular weight is 202 g/mol. The molecular formula is C9H12OZn. The molecule has 1 nitrogen and oxygen atoms in total. The van der Waals surface area contributed by atoms with Gasteiger partial charge in [0.15, 0.2) is 0 Å². The van der Waals surface area contributed by atoms with Crippen LogP contribution in [0.1, 0.15) is 32.1 Å². The van der Waals surface area contributed by atoms with Crippen molar-refractivity contribution in [3.8, 4) is 0 Å². The van der Waals surface area contributed by atoms with E-state index in [4.69, 9.17) is 0 Å². The Morgan fingerprint density at radius 2 is 2.00 bits per heavy atom. The molecule has 0 aliphatic heterocycles. The van der Waals surface area contributed by atoms with Crippen molar-refractivity contribution in [3.63, 3.8) is 0 Å². The molecule has 2 unspecified atom stereocenters. The van der Waals surface area contributed by atoms with E-state index in [-0.39, 0.29) is 24.9 Å². The van der Waals surface area contributed by atoms with Crippen molar-refractivity contribution in [1.82, 2.24) is 0 Å². The minimum absolute atomic E-state index is 0. The zero-order valence-electron chi connectivity index (χ0n) is 6.81. The van der Waals surface area contributed by atoms with E-state index in [0.29, 0.717) is 11.7 Å². The normalized spacial score (nSPS) is 42.7. The Kier molecular flexibility index (Phi) is 1.55. The van der Waals surface area contributed by atoms with Crippen LogP contribution in [0.2, 0.25) is 0 Å². The van der Waals surface area contributed by atoms with Gasteiger partial charge in [-0.25, -0.2) is 0 Å². The van der Waals surface area contributed by atoms with E-state index in [1.807, 2.05) is 0 Å². The van der Waals surface area contributed by atoms with E-state index < -0.39 is 0 Å². The topological polar surface area (TPSA) is 17.1 Å². The van der Waals surface area contributed by atoms with Crippen molar-refractivity contribution in [2.24, 2.45) is 17.3 Å². The fraction of sp³-hybridized carbons (Fsp3) is 0.889. The Labute approximate surface area is 79.7 Å². The van der Waals surface area contributed by atoms with Gasteiger partial charge in [-0.2, -0.15) is 0 Å². The summed E-state index contributed by atoms with van der Waals surface area (Å²) in [7, 11) is 0. The molecule has 0 radical (unpaired) electrons. The molecule has 3 rings (SSSR count). The smallest absolute Gasteiger partial charge is 0.142 e. The van der Waals surface area contributed by atoms with Crippen LogP contribution in [0.3, 0.4) is 0 Å². The Bertz CT molecular complexity index is 208. The van der Waals surface area contributed by atoms with Crippen molar-refractivity contribution in [3.05, 3.63) is 0 Å². The van der Waals surface area contributed by atoms with E-state index >= 15 is 0 Å². The summed E-state index contributed by atoms with van der Waals surface area (Å²) in [5, 5.41) is 0. The number of fused-ring (bicyclic) bond motifs is 3. The van der Waals surface area contributed by atoms with Crippen LogP contribution in [0.25, 0.3) is 0 Å². The Morgan fingerprint density at radius 3 is 2.36 bits per heavy atom. The van der Waals surface area contributed by atoms with Crippen LogP contribution in [0.4, 0.5) is 0 Å². The molecule has 3 aliphatic rings. The van der Waals surface area contributed by atoms with Crippen molar-refractivity contribution >= 4 is 5.78 Å². The summed E-state index contributed by atoms with van der Waals surface area (Å²) in [6.07, 6.45) is 6.28. The molecule has 2 bridgehead atoms. The second-order valence-electron chi connectivity index (χ2n) is 4.23. The number of carbonyl (C=O) groups excluding carboxylic acids is 1. The summed E-state index contributed by atoms with van der Waals surface area (Å²) >= 11 is 0. The number of Topliss-reactive ketones (excluding diaryl/α,β-unsaturated/α-hetero) is 1. The molecule has 1 spiro atoms. The monoisotopic (exact) mass is 200 g/mol. The summed E-state index contributed by atoms with van der Waals surface area (Å²) in [5.74, 6) is 1.97. The molecule has 0 aromatic rings. The third-order valence-corrected chi connectivity index (χ3v) is 3.86. The Balaban J connectivity index is 0.000000480. The quantitative estimate of drug-likeness (QED) is 0.546. The van der Waals surface area contributed by atoms with Gasteiger partial charge < -0.3 is 0 Å². The predicted molar refractivity (Wildman–Crippen MR) is 37.5 cm³/mol. The minimum atomic E-state index is 0. The van der Waals surface area contributed by atoms with Gasteiger partial charge in [-0.1, -0.05) is 0 Å². The maximum atomic E-state index is 11.6. The molecule has 2 heteroatoms. The van der Waals surface area contributed by atoms with Gasteiger partial charge in [-0.15, -0.1) is 0 Å². The van der Waals surface area contributed by atoms with E-state index in [9.17, 15) is 4.79 Å².